The molecule has 1 fully saturated rings. The zero-order valence-electron chi connectivity index (χ0n) is 12.3. The van der Waals surface area contributed by atoms with Crippen molar-refractivity contribution in [3.8, 4) is 0 Å². The number of nitrogens with one attached hydrogen (secondary N) is 2. The van der Waals surface area contributed by atoms with Crippen LogP contribution in [0.5, 0.6) is 0 Å². The van der Waals surface area contributed by atoms with E-state index in [4.69, 9.17) is 5.73 Å². The van der Waals surface area contributed by atoms with Gasteiger partial charge in [0.15, 0.2) is 0 Å². The number of hydrogen-bond donors (Lipinski definition) is 3. The second-order valence-corrected chi connectivity index (χ2v) is 6.05. The molecule has 2 aromatic rings. The van der Waals surface area contributed by atoms with E-state index in [1.807, 2.05) is 24.4 Å². The number of hydrogen-bond acceptors (Lipinski definition) is 2. The normalized spacial score (nSPS) is 16.6. The van der Waals surface area contributed by atoms with Crippen LogP contribution in [0.4, 0.5) is 0 Å². The summed E-state index contributed by atoms with van der Waals surface area (Å²) in [7, 11) is 0. The monoisotopic (exact) mass is 285 g/mol. The van der Waals surface area contributed by atoms with E-state index in [2.05, 4.69) is 16.4 Å². The van der Waals surface area contributed by atoms with E-state index in [1.165, 1.54) is 19.3 Å². The standard InChI is InChI=1S/C17H23N3O/c18-15(17(21)19-9-8-12-4-3-5-12)10-13-11-20-16-7-2-1-6-14(13)16/h1-2,6-7,11-12,15,20H,3-5,8-10,18H2,(H,19,21)/t15-/m0/s1. The van der Waals surface area contributed by atoms with Crippen molar-refractivity contribution < 1.29 is 4.79 Å². The van der Waals surface area contributed by atoms with Crippen LogP contribution >= 0.6 is 0 Å². The summed E-state index contributed by atoms with van der Waals surface area (Å²) in [5, 5.41) is 4.12. The third-order valence-corrected chi connectivity index (χ3v) is 4.53. The molecule has 1 aromatic carbocycles. The maximum Gasteiger partial charge on any atom is 0.237 e. The van der Waals surface area contributed by atoms with E-state index in [0.717, 1.165) is 35.3 Å². The molecule has 0 spiro atoms. The molecule has 4 nitrogen and oxygen atoms in total. The smallest absolute Gasteiger partial charge is 0.237 e. The molecule has 21 heavy (non-hydrogen) atoms. The van der Waals surface area contributed by atoms with E-state index < -0.39 is 6.04 Å². The zero-order chi connectivity index (χ0) is 14.7. The van der Waals surface area contributed by atoms with Crippen LogP contribution in [-0.4, -0.2) is 23.5 Å². The van der Waals surface area contributed by atoms with Gasteiger partial charge in [0, 0.05) is 23.6 Å². The molecule has 0 bridgehead atoms. The average Bonchev–Trinajstić information content (AvgIpc) is 2.85. The van der Waals surface area contributed by atoms with Crippen molar-refractivity contribution >= 4 is 16.8 Å². The Morgan fingerprint density at radius 2 is 2.19 bits per heavy atom. The molecule has 3 rings (SSSR count). The molecule has 112 valence electrons. The summed E-state index contributed by atoms with van der Waals surface area (Å²) >= 11 is 0. The molecule has 4 N–H and O–H groups in total. The number of para-hydroxylation sites is 1. The summed E-state index contributed by atoms with van der Waals surface area (Å²) < 4.78 is 0. The summed E-state index contributed by atoms with van der Waals surface area (Å²) in [6.07, 6.45) is 7.59. The number of benzene rings is 1. The van der Waals surface area contributed by atoms with Gasteiger partial charge < -0.3 is 16.0 Å². The van der Waals surface area contributed by atoms with Crippen LogP contribution < -0.4 is 11.1 Å². The highest BCUT2D eigenvalue weighted by molar-refractivity contribution is 5.86. The SMILES string of the molecule is N[C@@H](Cc1c[nH]c2ccccc12)C(=O)NCCC1CCC1. The zero-order valence-corrected chi connectivity index (χ0v) is 12.3. The van der Waals surface area contributed by atoms with Gasteiger partial charge in [-0.25, -0.2) is 0 Å². The maximum atomic E-state index is 12.0. The van der Waals surface area contributed by atoms with Gasteiger partial charge in [0.25, 0.3) is 0 Å². The van der Waals surface area contributed by atoms with Crippen molar-refractivity contribution in [3.63, 3.8) is 0 Å². The number of fused-ring (bicyclic) bond motifs is 1. The summed E-state index contributed by atoms with van der Waals surface area (Å²) in [6.45, 7) is 0.755. The fourth-order valence-electron chi connectivity index (χ4n) is 2.94. The minimum atomic E-state index is -0.481. The number of carbonyl (C=O) groups is 1. The van der Waals surface area contributed by atoms with Gasteiger partial charge in [0.2, 0.25) is 5.91 Å². The van der Waals surface area contributed by atoms with Crippen molar-refractivity contribution in [2.45, 2.75) is 38.1 Å². The Kier molecular flexibility index (Phi) is 4.25. The van der Waals surface area contributed by atoms with Crippen molar-refractivity contribution in [3.05, 3.63) is 36.0 Å². The van der Waals surface area contributed by atoms with Crippen LogP contribution in [0.25, 0.3) is 10.9 Å². The molecule has 1 aromatic heterocycles. The van der Waals surface area contributed by atoms with Gasteiger partial charge in [0.1, 0.15) is 0 Å². The fraction of sp³-hybridized carbons (Fsp3) is 0.471. The number of rotatable bonds is 6. The lowest BCUT2D eigenvalue weighted by Crippen LogP contribution is -2.42. The summed E-state index contributed by atoms with van der Waals surface area (Å²) in [6, 6.07) is 7.61. The van der Waals surface area contributed by atoms with Crippen LogP contribution in [0.2, 0.25) is 0 Å². The summed E-state index contributed by atoms with van der Waals surface area (Å²) in [4.78, 5) is 15.3. The molecule has 0 aliphatic heterocycles. The highest BCUT2D eigenvalue weighted by Gasteiger charge is 2.19. The molecule has 1 amide bonds. The molecule has 0 unspecified atom stereocenters. The molecule has 1 aliphatic carbocycles. The van der Waals surface area contributed by atoms with Gasteiger partial charge in [-0.2, -0.15) is 0 Å². The van der Waals surface area contributed by atoms with Gasteiger partial charge in [-0.05, 0) is 30.4 Å². The number of carbonyl (C=O) groups excluding carboxylic acids is 1. The second-order valence-electron chi connectivity index (χ2n) is 6.05. The molecule has 1 heterocycles. The highest BCUT2D eigenvalue weighted by atomic mass is 16.2. The summed E-state index contributed by atoms with van der Waals surface area (Å²) in [5.41, 5.74) is 8.23. The molecule has 4 heteroatoms. The molecular formula is C17H23N3O. The molecule has 0 saturated heterocycles. The Balaban J connectivity index is 1.52. The third kappa shape index (κ3) is 3.27. The Hall–Kier alpha value is -1.81. The lowest BCUT2D eigenvalue weighted by Gasteiger charge is -2.25. The van der Waals surface area contributed by atoms with E-state index in [9.17, 15) is 4.79 Å². The van der Waals surface area contributed by atoms with Gasteiger partial charge in [0.05, 0.1) is 6.04 Å². The van der Waals surface area contributed by atoms with Crippen molar-refractivity contribution in [2.75, 3.05) is 6.54 Å². The van der Waals surface area contributed by atoms with E-state index >= 15 is 0 Å². The van der Waals surface area contributed by atoms with Gasteiger partial charge in [-0.1, -0.05) is 37.5 Å². The van der Waals surface area contributed by atoms with E-state index in [1.54, 1.807) is 0 Å². The lowest BCUT2D eigenvalue weighted by atomic mass is 9.83. The Morgan fingerprint density at radius 1 is 1.38 bits per heavy atom. The van der Waals surface area contributed by atoms with Gasteiger partial charge in [-0.15, -0.1) is 0 Å². The topological polar surface area (TPSA) is 70.9 Å². The third-order valence-electron chi connectivity index (χ3n) is 4.53. The Bertz CT molecular complexity index is 615. The first kappa shape index (κ1) is 14.1. The van der Waals surface area contributed by atoms with E-state index in [-0.39, 0.29) is 5.91 Å². The van der Waals surface area contributed by atoms with Crippen LogP contribution in [-0.2, 0) is 11.2 Å². The maximum absolute atomic E-state index is 12.0. The molecular weight excluding hydrogens is 262 g/mol. The molecule has 1 atom stereocenters. The minimum absolute atomic E-state index is 0.0420. The predicted molar refractivity (Wildman–Crippen MR) is 84.9 cm³/mol. The van der Waals surface area contributed by atoms with Crippen molar-refractivity contribution in [2.24, 2.45) is 11.7 Å². The minimum Gasteiger partial charge on any atom is -0.361 e. The number of amides is 1. The Labute approximate surface area is 125 Å². The lowest BCUT2D eigenvalue weighted by molar-refractivity contribution is -0.122. The molecule has 1 saturated carbocycles. The van der Waals surface area contributed by atoms with Gasteiger partial charge >= 0.3 is 0 Å². The number of aromatic amines is 1. The van der Waals surface area contributed by atoms with Gasteiger partial charge in [-0.3, -0.25) is 4.79 Å². The van der Waals surface area contributed by atoms with Crippen molar-refractivity contribution in [1.29, 1.82) is 0 Å². The first-order valence-corrected chi connectivity index (χ1v) is 7.82. The van der Waals surface area contributed by atoms with E-state index in [0.29, 0.717) is 6.42 Å². The van der Waals surface area contributed by atoms with Crippen LogP contribution in [0.1, 0.15) is 31.2 Å². The average molecular weight is 285 g/mol. The number of H-pyrrole nitrogens is 1. The fourth-order valence-corrected chi connectivity index (χ4v) is 2.94. The first-order valence-electron chi connectivity index (χ1n) is 7.82. The van der Waals surface area contributed by atoms with Crippen molar-refractivity contribution in [1.82, 2.24) is 10.3 Å². The number of aromatic nitrogens is 1. The van der Waals surface area contributed by atoms with Crippen LogP contribution in [0, 0.1) is 5.92 Å². The highest BCUT2D eigenvalue weighted by Crippen LogP contribution is 2.28. The second kappa shape index (κ2) is 6.31. The predicted octanol–water partition coefficient (Wildman–Crippen LogP) is 2.34. The molecule has 1 aliphatic rings. The van der Waals surface area contributed by atoms with Crippen LogP contribution in [0.3, 0.4) is 0 Å². The number of nitrogens with two attached hydrogens (primary N) is 1. The quantitative estimate of drug-likeness (QED) is 0.762. The molecule has 0 radical (unpaired) electrons. The first-order chi connectivity index (χ1) is 10.2. The van der Waals surface area contributed by atoms with Crippen LogP contribution in [0.15, 0.2) is 30.5 Å². The Morgan fingerprint density at radius 3 is 2.95 bits per heavy atom. The summed E-state index contributed by atoms with van der Waals surface area (Å²) in [5.74, 6) is 0.773. The largest absolute Gasteiger partial charge is 0.361 e.